The Hall–Kier alpha value is -0.800. The van der Waals surface area contributed by atoms with Crippen LogP contribution in [0.2, 0.25) is 0 Å². The third kappa shape index (κ3) is 6.88. The summed E-state index contributed by atoms with van der Waals surface area (Å²) in [4.78, 5) is 28.8. The molecule has 0 amide bonds. The number of morpholine rings is 1. The summed E-state index contributed by atoms with van der Waals surface area (Å²) in [6.45, 7) is 13.0. The van der Waals surface area contributed by atoms with Gasteiger partial charge in [-0.25, -0.2) is 0 Å². The van der Waals surface area contributed by atoms with E-state index < -0.39 is 43.6 Å². The normalized spacial score (nSPS) is 40.8. The Morgan fingerprint density at radius 1 is 1.10 bits per heavy atom. The van der Waals surface area contributed by atoms with Crippen molar-refractivity contribution in [1.82, 2.24) is 4.90 Å². The fourth-order valence-corrected chi connectivity index (χ4v) is 21.8. The molecule has 1 aromatic carbocycles. The summed E-state index contributed by atoms with van der Waals surface area (Å²) in [5.74, 6) is 1.06. The molecule has 11 unspecified atom stereocenters. The maximum atomic E-state index is 14.4. The summed E-state index contributed by atoms with van der Waals surface area (Å²) >= 11 is 0.930. The van der Waals surface area contributed by atoms with Crippen LogP contribution in [0.3, 0.4) is 0 Å². The monoisotopic (exact) mass is 843 g/mol. The van der Waals surface area contributed by atoms with Gasteiger partial charge in [0.1, 0.15) is 0 Å². The fourth-order valence-electron chi connectivity index (χ4n) is 11.9. The van der Waals surface area contributed by atoms with E-state index in [1.807, 2.05) is 0 Å². The van der Waals surface area contributed by atoms with Gasteiger partial charge in [0, 0.05) is 0 Å². The van der Waals surface area contributed by atoms with Gasteiger partial charge in [-0.3, -0.25) is 0 Å². The molecule has 4 saturated heterocycles. The third-order valence-corrected chi connectivity index (χ3v) is 22.3. The number of benzene rings is 1. The van der Waals surface area contributed by atoms with Crippen LogP contribution >= 0.6 is 32.7 Å². The summed E-state index contributed by atoms with van der Waals surface area (Å²) in [7, 11) is 0. The number of ether oxygens (including phenoxy) is 4. The van der Waals surface area contributed by atoms with Gasteiger partial charge in [-0.1, -0.05) is 37.8 Å². The first kappa shape index (κ1) is 39.9. The molecule has 288 valence electrons. The van der Waals surface area contributed by atoms with Gasteiger partial charge in [-0.05, 0) is 18.5 Å². The molecule has 4 aliphatic heterocycles. The molecule has 8 rings (SSSR count). The molecular formula is C40H62INO8S. The third-order valence-electron chi connectivity index (χ3n) is 13.9. The van der Waals surface area contributed by atoms with Gasteiger partial charge in [-0.2, -0.15) is 0 Å². The van der Waals surface area contributed by atoms with E-state index in [0.29, 0.717) is 39.0 Å². The average molecular weight is 844 g/mol. The molecule has 4 heterocycles. The Balaban J connectivity index is 0.00000147. The van der Waals surface area contributed by atoms with Crippen LogP contribution in [0.5, 0.6) is 0 Å². The molecule has 11 atom stereocenters. The van der Waals surface area contributed by atoms with Crippen molar-refractivity contribution in [2.24, 2.45) is 28.1 Å². The fraction of sp³-hybridized carbons (Fsp3) is 0.800. The minimum atomic E-state index is -1.60. The van der Waals surface area contributed by atoms with Crippen LogP contribution in [-0.2, 0) is 35.1 Å². The minimum absolute atomic E-state index is 0. The summed E-state index contributed by atoms with van der Waals surface area (Å²) in [5.41, 5.74) is 0.798. The van der Waals surface area contributed by atoms with Crippen molar-refractivity contribution in [2.45, 2.75) is 144 Å². The number of alkyl halides is 3. The molecule has 9 nitrogen and oxygen atoms in total. The van der Waals surface area contributed by atoms with E-state index in [2.05, 4.69) is 62.0 Å². The van der Waals surface area contributed by atoms with Gasteiger partial charge < -0.3 is 4.55 Å². The topological polar surface area (TPSA) is 115 Å². The number of esters is 1. The molecule has 2 spiro atoms. The maximum Gasteiger partial charge on any atom is -0.0295 e. The Morgan fingerprint density at radius 2 is 1.84 bits per heavy atom. The van der Waals surface area contributed by atoms with E-state index in [1.165, 1.54) is 42.6 Å². The van der Waals surface area contributed by atoms with E-state index >= 15 is 0 Å². The second-order valence-electron chi connectivity index (χ2n) is 17.3. The quantitative estimate of drug-likeness (QED) is 0.0882. The first-order valence-corrected chi connectivity index (χ1v) is 23.2. The molecule has 0 bridgehead atoms. The van der Waals surface area contributed by atoms with Crippen molar-refractivity contribution < 1.29 is 38.2 Å². The zero-order valence-electron chi connectivity index (χ0n) is 30.4. The van der Waals surface area contributed by atoms with Crippen LogP contribution in [0.1, 0.15) is 99.0 Å². The predicted molar refractivity (Wildman–Crippen MR) is 209 cm³/mol. The molecule has 1 aromatic rings. The van der Waals surface area contributed by atoms with Gasteiger partial charge in [0.05, 0.1) is 0 Å². The van der Waals surface area contributed by atoms with Crippen molar-refractivity contribution >= 4 is 44.5 Å². The van der Waals surface area contributed by atoms with Gasteiger partial charge in [-0.15, -0.1) is 0 Å². The molecule has 3 saturated carbocycles. The number of Topliss-reactive ketones (excluding diaryl/α,β-unsaturated/α-hetero) is 1. The standard InChI is InChI=1S/C39H56INO7.CH4.H2OS/c1-24(42)46-35(37(4,5)44)28-13-12-27-34(47-28)33(43)32-26-11-14-29-36(2,3)30(15-16-39(29)23-38(26,39)17-18-40(27)32)48-31-22-41(19-20-45-31)21-25-9-7-6-8-10-25;;1-2/h6-10,26-32,34-35,44H,11-23H2,1-5H3;1H4;1-2H. The van der Waals surface area contributed by atoms with Gasteiger partial charge in [0.25, 0.3) is 0 Å². The number of carbonyl (C=O) groups excluding carboxylic acids is 2. The number of carbonyl (C=O) groups is 2. The van der Waals surface area contributed by atoms with Crippen LogP contribution in [0.4, 0.5) is 0 Å². The van der Waals surface area contributed by atoms with Crippen molar-refractivity contribution in [1.29, 1.82) is 0 Å². The van der Waals surface area contributed by atoms with Crippen LogP contribution in [0, 0.1) is 28.1 Å². The molecule has 2 N–H and O–H groups in total. The molecule has 0 radical (unpaired) electrons. The van der Waals surface area contributed by atoms with Crippen molar-refractivity contribution in [2.75, 3.05) is 24.1 Å². The zero-order chi connectivity index (χ0) is 35.6. The number of halogens is 1. The van der Waals surface area contributed by atoms with Crippen molar-refractivity contribution in [3.05, 3.63) is 35.9 Å². The number of hydrogen-bond acceptors (Lipinski definition) is 10. The molecule has 0 aromatic heterocycles. The number of thiol groups is 1. The Morgan fingerprint density at radius 3 is 2.55 bits per heavy atom. The van der Waals surface area contributed by atoms with E-state index in [1.54, 1.807) is 13.8 Å². The number of fused-ring (bicyclic) bond motifs is 4. The van der Waals surface area contributed by atoms with Crippen molar-refractivity contribution in [3.8, 4) is 0 Å². The SMILES string of the molecule is C.CC(=O)OC(C1CCC2C(O1)C(=O)C1C3CCC4C(C)(C)C(OC5CN(Cc6ccccc6)CCO5)CCC45CC35CCI21)C(C)(C)O.OS. The van der Waals surface area contributed by atoms with E-state index in [-0.39, 0.29) is 35.3 Å². The molecule has 11 heteroatoms. The van der Waals surface area contributed by atoms with Gasteiger partial charge in [0.2, 0.25) is 0 Å². The van der Waals surface area contributed by atoms with Crippen LogP contribution < -0.4 is 0 Å². The molecule has 7 fully saturated rings. The van der Waals surface area contributed by atoms with Crippen LogP contribution in [0.15, 0.2) is 30.3 Å². The van der Waals surface area contributed by atoms with E-state index in [9.17, 15) is 14.7 Å². The van der Waals surface area contributed by atoms with Crippen LogP contribution in [-0.4, -0.2) is 94.6 Å². The number of aliphatic hydroxyl groups is 1. The van der Waals surface area contributed by atoms with E-state index in [0.717, 1.165) is 45.3 Å². The minimum Gasteiger partial charge on any atom is -0.333 e. The molecule has 7 aliphatic rings. The maximum absolute atomic E-state index is 14.4. The Labute approximate surface area is 318 Å². The molecule has 51 heavy (non-hydrogen) atoms. The summed E-state index contributed by atoms with van der Waals surface area (Å²) in [5, 5.41) is 10.9. The second-order valence-corrected chi connectivity index (χ2v) is 23.8. The number of nitrogens with zero attached hydrogens (tertiary/aromatic N) is 1. The molecule has 3 aliphatic carbocycles. The first-order chi connectivity index (χ1) is 23.8. The summed E-state index contributed by atoms with van der Waals surface area (Å²) in [6, 6.07) is 10.7. The number of rotatable bonds is 7. The average Bonchev–Trinajstić information content (AvgIpc) is 3.67. The first-order valence-electron chi connectivity index (χ1n) is 18.8. The Kier molecular flexibility index (Phi) is 11.8. The van der Waals surface area contributed by atoms with Gasteiger partial charge in [0.15, 0.2) is 0 Å². The number of hydrogen-bond donors (Lipinski definition) is 3. The zero-order valence-corrected chi connectivity index (χ0v) is 33.4. The number of ketones is 1. The second kappa shape index (κ2) is 15.0. The van der Waals surface area contributed by atoms with Gasteiger partial charge >= 0.3 is 259 Å². The van der Waals surface area contributed by atoms with E-state index in [4.69, 9.17) is 23.5 Å². The smallest absolute Gasteiger partial charge is 0.0295 e. The largest absolute Gasteiger partial charge is 0.333 e. The Bertz CT molecular complexity index is 1410. The summed E-state index contributed by atoms with van der Waals surface area (Å²) in [6.07, 6.45) is 7.31. The van der Waals surface area contributed by atoms with Crippen molar-refractivity contribution in [3.63, 3.8) is 0 Å². The molecular weight excluding hydrogens is 781 g/mol. The predicted octanol–water partition coefficient (Wildman–Crippen LogP) is 6.96. The van der Waals surface area contributed by atoms with Crippen LogP contribution in [0.25, 0.3) is 0 Å². The summed E-state index contributed by atoms with van der Waals surface area (Å²) < 4.78 is 33.9.